The van der Waals surface area contributed by atoms with Crippen LogP contribution in [0.4, 0.5) is 0 Å². The summed E-state index contributed by atoms with van der Waals surface area (Å²) in [6.07, 6.45) is 1.36. The van der Waals surface area contributed by atoms with Gasteiger partial charge in [-0.3, -0.25) is 9.59 Å². The van der Waals surface area contributed by atoms with Crippen molar-refractivity contribution in [2.45, 2.75) is 9.46 Å². The third kappa shape index (κ3) is 5.16. The average molecular weight is 399 g/mol. The first-order valence-electron chi connectivity index (χ1n) is 7.84. The third-order valence-corrected chi connectivity index (χ3v) is 7.00. The molecule has 0 aliphatic carbocycles. The Balaban J connectivity index is 2.05. The van der Waals surface area contributed by atoms with E-state index in [2.05, 4.69) is 10.6 Å². The second-order valence-electron chi connectivity index (χ2n) is 5.75. The molecule has 0 aromatic carbocycles. The molecule has 2 aromatic heterocycles. The molecule has 0 spiro atoms. The molecule has 2 heterocycles. The summed E-state index contributed by atoms with van der Waals surface area (Å²) in [5.74, 6) is -1.49. The van der Waals surface area contributed by atoms with Crippen molar-refractivity contribution >= 4 is 33.0 Å². The number of nitrogens with one attached hydrogen (secondary N) is 2. The topological polar surface area (TPSA) is 109 Å². The average Bonchev–Trinajstić information content (AvgIpc) is 3.28. The molecule has 2 amide bonds. The fraction of sp³-hybridized carbons (Fsp3) is 0.375. The first-order chi connectivity index (χ1) is 12.3. The van der Waals surface area contributed by atoms with Gasteiger partial charge < -0.3 is 20.0 Å². The predicted molar refractivity (Wildman–Crippen MR) is 97.5 cm³/mol. The second kappa shape index (κ2) is 8.97. The molecule has 0 bridgehead atoms. The number of nitrogens with zero attached hydrogens (tertiary/aromatic N) is 1. The van der Waals surface area contributed by atoms with Crippen LogP contribution in [0.3, 0.4) is 0 Å². The van der Waals surface area contributed by atoms with Gasteiger partial charge in [0.2, 0.25) is 0 Å². The lowest BCUT2D eigenvalue weighted by Crippen LogP contribution is -2.43. The second-order valence-corrected chi connectivity index (χ2v) is 9.06. The van der Waals surface area contributed by atoms with Gasteiger partial charge in [0.25, 0.3) is 0 Å². The number of furan rings is 1. The van der Waals surface area contributed by atoms with Crippen molar-refractivity contribution in [2.75, 3.05) is 33.7 Å². The molecule has 1 atom stereocenters. The maximum absolute atomic E-state index is 12.8. The largest absolute Gasteiger partial charge is 0.468 e. The van der Waals surface area contributed by atoms with E-state index in [0.717, 1.165) is 11.3 Å². The number of hydrogen-bond acceptors (Lipinski definition) is 7. The normalized spacial score (nSPS) is 12.7. The lowest BCUT2D eigenvalue weighted by atomic mass is 10.3. The number of likely N-dealkylation sites (N-methyl/N-ethyl adjacent to an activating group) is 1. The number of amides is 2. The lowest BCUT2D eigenvalue weighted by molar-refractivity contribution is -0.139. The molecule has 2 rings (SSSR count). The summed E-state index contributed by atoms with van der Waals surface area (Å²) in [5.41, 5.74) is 0. The first kappa shape index (κ1) is 20.1. The Labute approximate surface area is 156 Å². The molecule has 10 heteroatoms. The van der Waals surface area contributed by atoms with E-state index in [4.69, 9.17) is 4.42 Å². The predicted octanol–water partition coefficient (Wildman–Crippen LogP) is 0.650. The summed E-state index contributed by atoms with van der Waals surface area (Å²) in [4.78, 5) is 25.6. The van der Waals surface area contributed by atoms with Gasteiger partial charge in [-0.1, -0.05) is 6.07 Å². The van der Waals surface area contributed by atoms with Crippen LogP contribution in [0.5, 0.6) is 0 Å². The Hall–Kier alpha value is -2.17. The summed E-state index contributed by atoms with van der Waals surface area (Å²) < 4.78 is 31.0. The van der Waals surface area contributed by atoms with Crippen LogP contribution in [0.1, 0.15) is 11.0 Å². The highest BCUT2D eigenvalue weighted by molar-refractivity contribution is 7.93. The van der Waals surface area contributed by atoms with Crippen LogP contribution >= 0.6 is 11.3 Å². The molecular weight excluding hydrogens is 378 g/mol. The number of carbonyl (C=O) groups is 2. The zero-order valence-corrected chi connectivity index (χ0v) is 16.1. The molecule has 0 saturated heterocycles. The molecule has 0 aliphatic rings. The number of rotatable bonds is 8. The van der Waals surface area contributed by atoms with Crippen molar-refractivity contribution in [1.29, 1.82) is 0 Å². The molecule has 142 valence electrons. The maximum Gasteiger partial charge on any atom is 0.309 e. The van der Waals surface area contributed by atoms with E-state index in [9.17, 15) is 18.0 Å². The van der Waals surface area contributed by atoms with Gasteiger partial charge in [0, 0.05) is 19.6 Å². The fourth-order valence-electron chi connectivity index (χ4n) is 2.14. The van der Waals surface area contributed by atoms with Crippen LogP contribution < -0.4 is 10.6 Å². The summed E-state index contributed by atoms with van der Waals surface area (Å²) in [7, 11) is -0.0728. The zero-order valence-electron chi connectivity index (χ0n) is 14.5. The SMILES string of the molecule is CN(C)CCNC(=O)C(=O)NC[C@@H](c1ccco1)S(=O)(=O)c1cccs1. The van der Waals surface area contributed by atoms with Gasteiger partial charge >= 0.3 is 11.8 Å². The molecule has 0 radical (unpaired) electrons. The number of sulfone groups is 1. The van der Waals surface area contributed by atoms with E-state index >= 15 is 0 Å². The van der Waals surface area contributed by atoms with Crippen LogP contribution in [0.15, 0.2) is 44.5 Å². The van der Waals surface area contributed by atoms with Crippen LogP contribution in [-0.4, -0.2) is 58.9 Å². The molecule has 0 unspecified atom stereocenters. The highest BCUT2D eigenvalue weighted by atomic mass is 32.2. The maximum atomic E-state index is 12.8. The van der Waals surface area contributed by atoms with Crippen LogP contribution in [0, 0.1) is 0 Å². The number of thiophene rings is 1. The van der Waals surface area contributed by atoms with E-state index < -0.39 is 26.9 Å². The standard InChI is InChI=1S/C16H21N3O5S2/c1-19(2)8-7-17-15(20)16(21)18-11-13(12-5-3-9-24-12)26(22,23)14-6-4-10-25-14/h3-6,9-10,13H,7-8,11H2,1-2H3,(H,17,20)(H,18,21)/t13-/m0/s1. The minimum atomic E-state index is -3.76. The fourth-order valence-corrected chi connectivity index (χ4v) is 4.93. The van der Waals surface area contributed by atoms with Crippen LogP contribution in [-0.2, 0) is 19.4 Å². The van der Waals surface area contributed by atoms with Gasteiger partial charge in [-0.25, -0.2) is 8.42 Å². The molecule has 0 fully saturated rings. The van der Waals surface area contributed by atoms with Gasteiger partial charge in [-0.05, 0) is 37.7 Å². The minimum absolute atomic E-state index is 0.170. The van der Waals surface area contributed by atoms with Crippen molar-refractivity contribution < 1.29 is 22.4 Å². The van der Waals surface area contributed by atoms with E-state index in [-0.39, 0.29) is 16.5 Å². The van der Waals surface area contributed by atoms with Crippen LogP contribution in [0.25, 0.3) is 0 Å². The van der Waals surface area contributed by atoms with Crippen molar-refractivity contribution in [1.82, 2.24) is 15.5 Å². The van der Waals surface area contributed by atoms with Gasteiger partial charge in [0.15, 0.2) is 9.84 Å². The van der Waals surface area contributed by atoms with E-state index in [1.165, 1.54) is 18.4 Å². The Bertz CT molecular complexity index is 814. The van der Waals surface area contributed by atoms with Crippen LogP contribution in [0.2, 0.25) is 0 Å². The quantitative estimate of drug-likeness (QED) is 0.631. The van der Waals surface area contributed by atoms with Gasteiger partial charge in [0.05, 0.1) is 6.26 Å². The third-order valence-electron chi connectivity index (χ3n) is 3.51. The number of carbonyl (C=O) groups excluding carboxylic acids is 2. The van der Waals surface area contributed by atoms with E-state index in [1.54, 1.807) is 17.5 Å². The smallest absolute Gasteiger partial charge is 0.309 e. The summed E-state index contributed by atoms with van der Waals surface area (Å²) >= 11 is 1.08. The van der Waals surface area contributed by atoms with Crippen molar-refractivity contribution in [3.63, 3.8) is 0 Å². The van der Waals surface area contributed by atoms with Gasteiger partial charge in [0.1, 0.15) is 15.2 Å². The van der Waals surface area contributed by atoms with Crippen molar-refractivity contribution in [3.05, 3.63) is 41.7 Å². The summed E-state index contributed by atoms with van der Waals surface area (Å²) in [6.45, 7) is 0.628. The molecule has 0 saturated carbocycles. The van der Waals surface area contributed by atoms with Crippen molar-refractivity contribution in [2.24, 2.45) is 0 Å². The highest BCUT2D eigenvalue weighted by Crippen LogP contribution is 2.31. The molecule has 0 aliphatic heterocycles. The summed E-state index contributed by atoms with van der Waals surface area (Å²) in [5, 5.41) is 5.39. The van der Waals surface area contributed by atoms with Gasteiger partial charge in [-0.2, -0.15) is 0 Å². The Morgan fingerprint density at radius 2 is 1.92 bits per heavy atom. The Morgan fingerprint density at radius 1 is 1.19 bits per heavy atom. The molecule has 2 N–H and O–H groups in total. The number of hydrogen-bond donors (Lipinski definition) is 2. The highest BCUT2D eigenvalue weighted by Gasteiger charge is 2.33. The Kier molecular flexibility index (Phi) is 6.95. The minimum Gasteiger partial charge on any atom is -0.468 e. The van der Waals surface area contributed by atoms with E-state index in [0.29, 0.717) is 13.1 Å². The first-order valence-corrected chi connectivity index (χ1v) is 10.3. The molecule has 8 nitrogen and oxygen atoms in total. The van der Waals surface area contributed by atoms with E-state index in [1.807, 2.05) is 19.0 Å². The van der Waals surface area contributed by atoms with Crippen molar-refractivity contribution in [3.8, 4) is 0 Å². The summed E-state index contributed by atoms with van der Waals surface area (Å²) in [6, 6.07) is 6.22. The zero-order chi connectivity index (χ0) is 19.2. The molecule has 2 aromatic rings. The Morgan fingerprint density at radius 3 is 2.50 bits per heavy atom. The molecule has 26 heavy (non-hydrogen) atoms. The van der Waals surface area contributed by atoms with Gasteiger partial charge in [-0.15, -0.1) is 11.3 Å². The monoisotopic (exact) mass is 399 g/mol. The lowest BCUT2D eigenvalue weighted by Gasteiger charge is -2.15. The molecular formula is C16H21N3O5S2.